The van der Waals surface area contributed by atoms with Crippen molar-refractivity contribution in [3.05, 3.63) is 0 Å². The van der Waals surface area contributed by atoms with Gasteiger partial charge in [-0.1, -0.05) is 27.2 Å². The minimum atomic E-state index is 0.755. The third-order valence-electron chi connectivity index (χ3n) is 4.89. The highest BCUT2D eigenvalue weighted by Crippen LogP contribution is 2.36. The average molecular weight is 252 g/mol. The summed E-state index contributed by atoms with van der Waals surface area (Å²) in [6.45, 7) is 9.40. The highest BCUT2D eigenvalue weighted by atomic mass is 15.2. The van der Waals surface area contributed by atoms with E-state index in [2.05, 4.69) is 31.0 Å². The summed E-state index contributed by atoms with van der Waals surface area (Å²) in [4.78, 5) is 2.86. The molecular weight excluding hydrogens is 220 g/mol. The molecule has 1 N–H and O–H groups in total. The zero-order chi connectivity index (χ0) is 13.0. The lowest BCUT2D eigenvalue weighted by molar-refractivity contribution is 0.0890. The zero-order valence-electron chi connectivity index (χ0n) is 12.6. The van der Waals surface area contributed by atoms with Crippen LogP contribution < -0.4 is 5.32 Å². The standard InChI is InChI=1S/C16H32N2/c1-4-11-18(14-8-9-14)16-12-13(5-2)7-10-15(16)17-6-3/h13-17H,4-12H2,1-3H3. The number of hydrogen-bond acceptors (Lipinski definition) is 2. The lowest BCUT2D eigenvalue weighted by atomic mass is 9.80. The molecule has 0 bridgehead atoms. The smallest absolute Gasteiger partial charge is 0.0254 e. The van der Waals surface area contributed by atoms with Crippen molar-refractivity contribution in [1.82, 2.24) is 10.2 Å². The van der Waals surface area contributed by atoms with Gasteiger partial charge in [0.1, 0.15) is 0 Å². The van der Waals surface area contributed by atoms with Gasteiger partial charge in [-0.15, -0.1) is 0 Å². The van der Waals surface area contributed by atoms with Gasteiger partial charge in [-0.2, -0.15) is 0 Å². The van der Waals surface area contributed by atoms with Gasteiger partial charge in [-0.05, 0) is 57.5 Å². The van der Waals surface area contributed by atoms with E-state index in [1.165, 1.54) is 51.5 Å². The van der Waals surface area contributed by atoms with E-state index in [1.54, 1.807) is 0 Å². The van der Waals surface area contributed by atoms with Crippen molar-refractivity contribution >= 4 is 0 Å². The van der Waals surface area contributed by atoms with Crippen LogP contribution in [-0.2, 0) is 0 Å². The molecule has 2 nitrogen and oxygen atoms in total. The predicted octanol–water partition coefficient (Wildman–Crippen LogP) is 3.42. The van der Waals surface area contributed by atoms with E-state index in [9.17, 15) is 0 Å². The van der Waals surface area contributed by atoms with Crippen molar-refractivity contribution in [1.29, 1.82) is 0 Å². The van der Waals surface area contributed by atoms with Crippen molar-refractivity contribution in [3.8, 4) is 0 Å². The van der Waals surface area contributed by atoms with Crippen LogP contribution in [0.4, 0.5) is 0 Å². The molecule has 2 aliphatic rings. The Morgan fingerprint density at radius 3 is 2.39 bits per heavy atom. The molecule has 3 atom stereocenters. The fourth-order valence-electron chi connectivity index (χ4n) is 3.75. The molecule has 2 heteroatoms. The van der Waals surface area contributed by atoms with E-state index in [-0.39, 0.29) is 0 Å². The van der Waals surface area contributed by atoms with E-state index < -0.39 is 0 Å². The summed E-state index contributed by atoms with van der Waals surface area (Å²) >= 11 is 0. The number of rotatable bonds is 7. The molecule has 2 rings (SSSR count). The lowest BCUT2D eigenvalue weighted by Gasteiger charge is -2.43. The highest BCUT2D eigenvalue weighted by Gasteiger charge is 2.39. The average Bonchev–Trinajstić information content (AvgIpc) is 3.21. The van der Waals surface area contributed by atoms with Crippen LogP contribution in [0.3, 0.4) is 0 Å². The maximum atomic E-state index is 3.76. The molecule has 0 aromatic heterocycles. The Labute approximate surface area is 114 Å². The molecule has 0 aliphatic heterocycles. The van der Waals surface area contributed by atoms with Crippen LogP contribution in [-0.4, -0.2) is 36.1 Å². The first kappa shape index (κ1) is 14.3. The molecule has 3 unspecified atom stereocenters. The molecular formula is C16H32N2. The van der Waals surface area contributed by atoms with Gasteiger partial charge in [-0.25, -0.2) is 0 Å². The minimum Gasteiger partial charge on any atom is -0.313 e. The Balaban J connectivity index is 2.01. The summed E-state index contributed by atoms with van der Waals surface area (Å²) in [6.07, 6.45) is 9.85. The van der Waals surface area contributed by atoms with Gasteiger partial charge in [0.05, 0.1) is 0 Å². The van der Waals surface area contributed by atoms with Crippen molar-refractivity contribution < 1.29 is 0 Å². The zero-order valence-corrected chi connectivity index (χ0v) is 12.6. The van der Waals surface area contributed by atoms with Crippen molar-refractivity contribution in [2.75, 3.05) is 13.1 Å². The highest BCUT2D eigenvalue weighted by molar-refractivity contribution is 4.96. The van der Waals surface area contributed by atoms with Gasteiger partial charge >= 0.3 is 0 Å². The van der Waals surface area contributed by atoms with E-state index in [0.29, 0.717) is 0 Å². The number of likely N-dealkylation sites (N-methyl/N-ethyl adjacent to an activating group) is 1. The van der Waals surface area contributed by atoms with Crippen LogP contribution >= 0.6 is 0 Å². The van der Waals surface area contributed by atoms with Gasteiger partial charge in [0, 0.05) is 18.1 Å². The maximum absolute atomic E-state index is 3.76. The first-order valence-electron chi connectivity index (χ1n) is 8.29. The molecule has 0 radical (unpaired) electrons. The summed E-state index contributed by atoms with van der Waals surface area (Å²) in [5.74, 6) is 0.975. The largest absolute Gasteiger partial charge is 0.313 e. The van der Waals surface area contributed by atoms with Crippen LogP contribution in [0.15, 0.2) is 0 Å². The second kappa shape index (κ2) is 6.91. The van der Waals surface area contributed by atoms with Gasteiger partial charge < -0.3 is 5.32 Å². The van der Waals surface area contributed by atoms with Crippen molar-refractivity contribution in [2.45, 2.75) is 83.8 Å². The number of nitrogens with zero attached hydrogens (tertiary/aromatic N) is 1. The fraction of sp³-hybridized carbons (Fsp3) is 1.00. The summed E-state index contributed by atoms with van der Waals surface area (Å²) in [6, 6.07) is 2.49. The molecule has 2 saturated carbocycles. The van der Waals surface area contributed by atoms with E-state index in [0.717, 1.165) is 30.6 Å². The predicted molar refractivity (Wildman–Crippen MR) is 78.9 cm³/mol. The molecule has 0 saturated heterocycles. The molecule has 0 aromatic carbocycles. The van der Waals surface area contributed by atoms with Crippen LogP contribution in [0.1, 0.15) is 65.7 Å². The Morgan fingerprint density at radius 2 is 1.83 bits per heavy atom. The lowest BCUT2D eigenvalue weighted by Crippen LogP contribution is -2.54. The monoisotopic (exact) mass is 252 g/mol. The molecule has 2 fully saturated rings. The second-order valence-corrected chi connectivity index (χ2v) is 6.29. The Morgan fingerprint density at radius 1 is 1.06 bits per heavy atom. The Hall–Kier alpha value is -0.0800. The molecule has 0 heterocycles. The fourth-order valence-corrected chi connectivity index (χ4v) is 3.75. The third-order valence-corrected chi connectivity index (χ3v) is 4.89. The van der Waals surface area contributed by atoms with Gasteiger partial charge in [0.2, 0.25) is 0 Å². The summed E-state index contributed by atoms with van der Waals surface area (Å²) in [5.41, 5.74) is 0. The summed E-state index contributed by atoms with van der Waals surface area (Å²) in [7, 11) is 0. The van der Waals surface area contributed by atoms with Crippen molar-refractivity contribution in [2.24, 2.45) is 5.92 Å². The molecule has 18 heavy (non-hydrogen) atoms. The first-order valence-corrected chi connectivity index (χ1v) is 8.29. The van der Waals surface area contributed by atoms with E-state index in [4.69, 9.17) is 0 Å². The summed E-state index contributed by atoms with van der Waals surface area (Å²) in [5, 5.41) is 3.76. The van der Waals surface area contributed by atoms with Crippen LogP contribution in [0.25, 0.3) is 0 Å². The SMILES string of the molecule is CCCN(C1CC1)C1CC(CC)CCC1NCC. The van der Waals surface area contributed by atoms with Crippen molar-refractivity contribution in [3.63, 3.8) is 0 Å². The topological polar surface area (TPSA) is 15.3 Å². The summed E-state index contributed by atoms with van der Waals surface area (Å²) < 4.78 is 0. The third kappa shape index (κ3) is 3.48. The first-order chi connectivity index (χ1) is 8.80. The Kier molecular flexibility index (Phi) is 5.50. The molecule has 106 valence electrons. The number of nitrogens with one attached hydrogen (secondary N) is 1. The minimum absolute atomic E-state index is 0.755. The maximum Gasteiger partial charge on any atom is 0.0254 e. The second-order valence-electron chi connectivity index (χ2n) is 6.29. The van der Waals surface area contributed by atoms with Crippen LogP contribution in [0, 0.1) is 5.92 Å². The Bertz CT molecular complexity index is 237. The van der Waals surface area contributed by atoms with E-state index in [1.807, 2.05) is 0 Å². The van der Waals surface area contributed by atoms with Gasteiger partial charge in [0.25, 0.3) is 0 Å². The quantitative estimate of drug-likeness (QED) is 0.747. The molecule has 0 amide bonds. The van der Waals surface area contributed by atoms with Crippen LogP contribution in [0.2, 0.25) is 0 Å². The number of hydrogen-bond donors (Lipinski definition) is 1. The molecule has 2 aliphatic carbocycles. The normalized spacial score (nSPS) is 33.0. The molecule has 0 spiro atoms. The molecule has 0 aromatic rings. The van der Waals surface area contributed by atoms with Gasteiger partial charge in [-0.3, -0.25) is 4.90 Å². The van der Waals surface area contributed by atoms with E-state index >= 15 is 0 Å². The van der Waals surface area contributed by atoms with Crippen LogP contribution in [0.5, 0.6) is 0 Å². The van der Waals surface area contributed by atoms with Gasteiger partial charge in [0.15, 0.2) is 0 Å².